The van der Waals surface area contributed by atoms with E-state index in [1.165, 1.54) is 34.1 Å². The number of nitrogens with zero attached hydrogens (tertiary/aromatic N) is 4. The maximum absolute atomic E-state index is 12.6. The number of carboxylic acid groups (broad SMARTS) is 2. The van der Waals surface area contributed by atoms with Gasteiger partial charge in [-0.05, 0) is 67.9 Å². The molecule has 0 bridgehead atoms. The van der Waals surface area contributed by atoms with Gasteiger partial charge < -0.3 is 26.2 Å². The Kier molecular flexibility index (Phi) is 15.7. The third-order valence-electron chi connectivity index (χ3n) is 7.14. The molecule has 0 saturated heterocycles. The molecule has 0 aliphatic heterocycles. The first-order valence-electron chi connectivity index (χ1n) is 15.5. The van der Waals surface area contributed by atoms with Gasteiger partial charge in [0.2, 0.25) is 21.8 Å². The van der Waals surface area contributed by atoms with E-state index in [-0.39, 0.29) is 48.7 Å². The Labute approximate surface area is 284 Å². The number of pyridine rings is 2. The molecule has 0 fully saturated rings. The van der Waals surface area contributed by atoms with Crippen LogP contribution in [0.4, 0.5) is 5.69 Å². The lowest BCUT2D eigenvalue weighted by molar-refractivity contribution is -0.141. The molecule has 0 aliphatic carbocycles. The minimum atomic E-state index is -3.91. The molecular weight excluding hydrogens is 656 g/mol. The summed E-state index contributed by atoms with van der Waals surface area (Å²) in [5.41, 5.74) is 2.00. The number of nitrogens with two attached hydrogens (primary N) is 1. The number of aliphatic carboxylic acids is 2. The minimum absolute atomic E-state index is 0.00269. The van der Waals surface area contributed by atoms with Gasteiger partial charge in [-0.3, -0.25) is 38.9 Å². The molecule has 16 nitrogen and oxygen atoms in total. The molecule has 264 valence electrons. The second-order valence-electron chi connectivity index (χ2n) is 11.1. The second kappa shape index (κ2) is 19.9. The van der Waals surface area contributed by atoms with Gasteiger partial charge in [-0.25, -0.2) is 13.6 Å². The predicted octanol–water partition coefficient (Wildman–Crippen LogP) is 0.501. The van der Waals surface area contributed by atoms with Crippen LogP contribution in [0.1, 0.15) is 36.7 Å². The van der Waals surface area contributed by atoms with E-state index in [1.54, 1.807) is 12.4 Å². The van der Waals surface area contributed by atoms with Crippen LogP contribution in [0.3, 0.4) is 0 Å². The molecule has 0 atom stereocenters. The number of anilines is 1. The van der Waals surface area contributed by atoms with Gasteiger partial charge in [-0.1, -0.05) is 18.6 Å². The molecule has 0 spiro atoms. The van der Waals surface area contributed by atoms with E-state index in [9.17, 15) is 37.8 Å². The first kappa shape index (κ1) is 38.6. The van der Waals surface area contributed by atoms with E-state index in [2.05, 4.69) is 25.9 Å². The van der Waals surface area contributed by atoms with Gasteiger partial charge in [0.1, 0.15) is 0 Å². The maximum Gasteiger partial charge on any atom is 0.317 e. The van der Waals surface area contributed by atoms with E-state index >= 15 is 0 Å². The molecule has 2 amide bonds. The van der Waals surface area contributed by atoms with E-state index in [4.69, 9.17) is 5.14 Å². The quantitative estimate of drug-likeness (QED) is 0.0785. The molecule has 17 heteroatoms. The number of nitrogens with one attached hydrogen (secondary N) is 3. The Morgan fingerprint density at radius 3 is 1.73 bits per heavy atom. The van der Waals surface area contributed by atoms with Crippen molar-refractivity contribution < 1.29 is 37.8 Å². The van der Waals surface area contributed by atoms with Crippen molar-refractivity contribution in [3.63, 3.8) is 0 Å². The molecule has 3 rings (SSSR count). The lowest BCUT2D eigenvalue weighted by atomic mass is 10.1. The third-order valence-corrected chi connectivity index (χ3v) is 8.07. The summed E-state index contributed by atoms with van der Waals surface area (Å²) in [5, 5.41) is 32.6. The lowest BCUT2D eigenvalue weighted by Gasteiger charge is -2.25. The molecule has 0 unspecified atom stereocenters. The molecule has 0 saturated carbocycles. The minimum Gasteiger partial charge on any atom is -0.480 e. The number of carbonyl (C=O) groups excluding carboxylic acids is 2. The number of hydrogen-bond donors (Lipinski definition) is 6. The first-order chi connectivity index (χ1) is 23.4. The highest BCUT2D eigenvalue weighted by Gasteiger charge is 2.20. The molecule has 1 aromatic carbocycles. The lowest BCUT2D eigenvalue weighted by Crippen LogP contribution is -2.45. The fourth-order valence-corrected chi connectivity index (χ4v) is 5.35. The van der Waals surface area contributed by atoms with Crippen LogP contribution in [0.2, 0.25) is 0 Å². The molecule has 2 heterocycles. The van der Waals surface area contributed by atoms with Gasteiger partial charge >= 0.3 is 11.9 Å². The average Bonchev–Trinajstić information content (AvgIpc) is 3.05. The van der Waals surface area contributed by atoms with E-state index < -0.39 is 41.0 Å². The summed E-state index contributed by atoms with van der Waals surface area (Å²) in [7, 11) is -3.91. The zero-order valence-electron chi connectivity index (χ0n) is 26.9. The summed E-state index contributed by atoms with van der Waals surface area (Å²) >= 11 is 0. The standard InChI is InChI=1S/C32H42N8O8S/c33-49(47,48)25-12-10-24(11-13-25)38-29(42)21-40(23-31(45)46)19-18-39(22-30(43)44)20-28(41)36-16-4-1-5-17-37-32(26-8-2-6-14-34-26)27-9-3-7-15-35-27/h2-3,6-15,32,37H,1,4-5,16-23H2,(H,36,41)(H,38,42)(H,43,44)(H,45,46)(H2,33,47,48). The van der Waals surface area contributed by atoms with Crippen LogP contribution in [0, 0.1) is 0 Å². The predicted molar refractivity (Wildman–Crippen MR) is 180 cm³/mol. The van der Waals surface area contributed by atoms with Gasteiger partial charge in [0, 0.05) is 37.7 Å². The van der Waals surface area contributed by atoms with Crippen molar-refractivity contribution in [1.29, 1.82) is 0 Å². The van der Waals surface area contributed by atoms with Gasteiger partial charge in [0.05, 0.1) is 48.5 Å². The van der Waals surface area contributed by atoms with Crippen molar-refractivity contribution in [1.82, 2.24) is 30.4 Å². The molecule has 49 heavy (non-hydrogen) atoms. The number of amides is 2. The summed E-state index contributed by atoms with van der Waals surface area (Å²) < 4.78 is 22.9. The summed E-state index contributed by atoms with van der Waals surface area (Å²) in [6.45, 7) is -0.469. The highest BCUT2D eigenvalue weighted by molar-refractivity contribution is 7.89. The van der Waals surface area contributed by atoms with Crippen LogP contribution in [-0.4, -0.2) is 115 Å². The van der Waals surface area contributed by atoms with Gasteiger partial charge in [0.25, 0.3) is 0 Å². The SMILES string of the molecule is NS(=O)(=O)c1ccc(NC(=O)CN(CCN(CC(=O)O)CC(=O)NCCCCCNC(c2ccccn2)c2ccccn2)CC(=O)O)cc1. The summed E-state index contributed by atoms with van der Waals surface area (Å²) in [6.07, 6.45) is 5.85. The Balaban J connectivity index is 1.42. The normalized spacial score (nSPS) is 11.5. The van der Waals surface area contributed by atoms with Crippen LogP contribution in [0.15, 0.2) is 78.0 Å². The molecule has 2 aromatic heterocycles. The maximum atomic E-state index is 12.6. The third kappa shape index (κ3) is 14.9. The summed E-state index contributed by atoms with van der Waals surface area (Å²) in [6, 6.07) is 16.4. The first-order valence-corrected chi connectivity index (χ1v) is 17.1. The van der Waals surface area contributed by atoms with Crippen LogP contribution in [0.25, 0.3) is 0 Å². The fourth-order valence-electron chi connectivity index (χ4n) is 4.84. The number of rotatable bonds is 22. The number of hydrogen-bond acceptors (Lipinski definition) is 11. The molecule has 0 aliphatic rings. The Hall–Kier alpha value is -4.81. The molecule has 7 N–H and O–H groups in total. The highest BCUT2D eigenvalue weighted by Crippen LogP contribution is 2.18. The number of aromatic nitrogens is 2. The van der Waals surface area contributed by atoms with Gasteiger partial charge in [-0.15, -0.1) is 0 Å². The topological polar surface area (TPSA) is 237 Å². The van der Waals surface area contributed by atoms with Crippen LogP contribution < -0.4 is 21.1 Å². The van der Waals surface area contributed by atoms with Crippen molar-refractivity contribution in [2.45, 2.75) is 30.2 Å². The highest BCUT2D eigenvalue weighted by atomic mass is 32.2. The van der Waals surface area contributed by atoms with Crippen LogP contribution in [-0.2, 0) is 29.2 Å². The number of benzene rings is 1. The zero-order valence-corrected chi connectivity index (χ0v) is 27.7. The van der Waals surface area contributed by atoms with Crippen molar-refractivity contribution in [3.05, 3.63) is 84.4 Å². The molecule has 3 aromatic rings. The summed E-state index contributed by atoms with van der Waals surface area (Å²) in [4.78, 5) is 59.6. The van der Waals surface area contributed by atoms with Crippen molar-refractivity contribution in [2.75, 3.05) is 57.7 Å². The molecular formula is C32H42N8O8S. The van der Waals surface area contributed by atoms with Gasteiger partial charge in [0.15, 0.2) is 0 Å². The van der Waals surface area contributed by atoms with Crippen molar-refractivity contribution in [2.24, 2.45) is 5.14 Å². The Morgan fingerprint density at radius 2 is 1.24 bits per heavy atom. The fraction of sp³-hybridized carbons (Fsp3) is 0.375. The smallest absolute Gasteiger partial charge is 0.317 e. The number of carbonyl (C=O) groups is 4. The number of carboxylic acids is 2. The van der Waals surface area contributed by atoms with Crippen LogP contribution >= 0.6 is 0 Å². The average molecular weight is 699 g/mol. The number of primary sulfonamides is 1. The zero-order chi connectivity index (χ0) is 35.6. The summed E-state index contributed by atoms with van der Waals surface area (Å²) in [5.74, 6) is -3.32. The Bertz CT molecular complexity index is 1570. The largest absolute Gasteiger partial charge is 0.480 e. The van der Waals surface area contributed by atoms with Crippen LogP contribution in [0.5, 0.6) is 0 Å². The van der Waals surface area contributed by atoms with Crippen molar-refractivity contribution in [3.8, 4) is 0 Å². The van der Waals surface area contributed by atoms with Crippen molar-refractivity contribution >= 4 is 39.5 Å². The van der Waals surface area contributed by atoms with E-state index in [0.29, 0.717) is 19.5 Å². The van der Waals surface area contributed by atoms with E-state index in [0.717, 1.165) is 24.2 Å². The monoisotopic (exact) mass is 698 g/mol. The van der Waals surface area contributed by atoms with Gasteiger partial charge in [-0.2, -0.15) is 0 Å². The number of sulfonamides is 1. The Morgan fingerprint density at radius 1 is 0.714 bits per heavy atom. The second-order valence-corrected chi connectivity index (χ2v) is 12.7. The number of unbranched alkanes of at least 4 members (excludes halogenated alkanes) is 2. The molecule has 0 radical (unpaired) electrons. The van der Waals surface area contributed by atoms with E-state index in [1.807, 2.05) is 36.4 Å².